The first-order valence-electron chi connectivity index (χ1n) is 9.81. The first kappa shape index (κ1) is 17.7. The Balaban J connectivity index is 1.42. The van der Waals surface area contributed by atoms with Gasteiger partial charge < -0.3 is 4.98 Å². The standard InChI is InChI=1S/C23H25N3O/c27-20(14-17-5-1-2-6-17)15-18-7-3-8-19(13-18)16-23-25-12-10-22(26-23)21-9-4-11-24-21/h3-4,7-13,17,24H,1-2,5-6,14-16H2. The second-order valence-electron chi connectivity index (χ2n) is 7.51. The van der Waals surface area contributed by atoms with Crippen molar-refractivity contribution in [1.82, 2.24) is 15.0 Å². The molecule has 0 radical (unpaired) electrons. The van der Waals surface area contributed by atoms with Gasteiger partial charge in [-0.05, 0) is 35.2 Å². The Morgan fingerprint density at radius 1 is 1.07 bits per heavy atom. The van der Waals surface area contributed by atoms with Crippen LogP contribution >= 0.6 is 0 Å². The van der Waals surface area contributed by atoms with E-state index in [1.165, 1.54) is 25.7 Å². The molecule has 1 saturated carbocycles. The largest absolute Gasteiger partial charge is 0.360 e. The molecule has 0 saturated heterocycles. The molecule has 1 aliphatic carbocycles. The van der Waals surface area contributed by atoms with E-state index < -0.39 is 0 Å². The summed E-state index contributed by atoms with van der Waals surface area (Å²) in [5.41, 5.74) is 4.12. The molecular formula is C23H25N3O. The lowest BCUT2D eigenvalue weighted by atomic mass is 9.96. The van der Waals surface area contributed by atoms with E-state index in [1.807, 2.05) is 36.5 Å². The number of hydrogen-bond acceptors (Lipinski definition) is 3. The van der Waals surface area contributed by atoms with Crippen LogP contribution in [-0.4, -0.2) is 20.7 Å². The normalized spacial score (nSPS) is 14.5. The maximum atomic E-state index is 12.4. The molecule has 0 unspecified atom stereocenters. The fourth-order valence-corrected chi connectivity index (χ4v) is 3.99. The van der Waals surface area contributed by atoms with E-state index in [-0.39, 0.29) is 0 Å². The highest BCUT2D eigenvalue weighted by molar-refractivity contribution is 5.81. The van der Waals surface area contributed by atoms with Crippen LogP contribution in [0, 0.1) is 5.92 Å². The van der Waals surface area contributed by atoms with Gasteiger partial charge in [-0.3, -0.25) is 4.79 Å². The van der Waals surface area contributed by atoms with Crippen molar-refractivity contribution < 1.29 is 4.79 Å². The lowest BCUT2D eigenvalue weighted by molar-refractivity contribution is -0.119. The molecule has 1 N–H and O–H groups in total. The quantitative estimate of drug-likeness (QED) is 0.662. The number of H-pyrrole nitrogens is 1. The summed E-state index contributed by atoms with van der Waals surface area (Å²) in [4.78, 5) is 24.6. The Morgan fingerprint density at radius 3 is 2.74 bits per heavy atom. The Bertz CT molecular complexity index is 896. The number of carbonyl (C=O) groups excluding carboxylic acids is 1. The molecule has 1 aliphatic rings. The third kappa shape index (κ3) is 4.70. The molecule has 0 bridgehead atoms. The molecule has 2 heterocycles. The number of ketones is 1. The van der Waals surface area contributed by atoms with E-state index in [2.05, 4.69) is 27.1 Å². The molecule has 4 heteroatoms. The molecule has 138 valence electrons. The fraction of sp³-hybridized carbons (Fsp3) is 0.348. The lowest BCUT2D eigenvalue weighted by Crippen LogP contribution is -2.08. The van der Waals surface area contributed by atoms with Crippen LogP contribution in [0.1, 0.15) is 49.1 Å². The summed E-state index contributed by atoms with van der Waals surface area (Å²) in [5.74, 6) is 1.77. The number of carbonyl (C=O) groups is 1. The summed E-state index contributed by atoms with van der Waals surface area (Å²) >= 11 is 0. The van der Waals surface area contributed by atoms with Crippen molar-refractivity contribution in [3.63, 3.8) is 0 Å². The minimum absolute atomic E-state index is 0.365. The van der Waals surface area contributed by atoms with Gasteiger partial charge in [0, 0.05) is 31.7 Å². The van der Waals surface area contributed by atoms with Crippen molar-refractivity contribution in [1.29, 1.82) is 0 Å². The maximum absolute atomic E-state index is 12.4. The third-order valence-corrected chi connectivity index (χ3v) is 5.33. The molecular weight excluding hydrogens is 334 g/mol. The van der Waals surface area contributed by atoms with Crippen LogP contribution in [0.2, 0.25) is 0 Å². The molecule has 2 aromatic heterocycles. The van der Waals surface area contributed by atoms with Crippen molar-refractivity contribution in [2.24, 2.45) is 5.92 Å². The van der Waals surface area contributed by atoms with Gasteiger partial charge >= 0.3 is 0 Å². The fourth-order valence-electron chi connectivity index (χ4n) is 3.99. The van der Waals surface area contributed by atoms with E-state index >= 15 is 0 Å². The molecule has 0 spiro atoms. The Hall–Kier alpha value is -2.75. The van der Waals surface area contributed by atoms with Crippen LogP contribution < -0.4 is 0 Å². The summed E-state index contributed by atoms with van der Waals surface area (Å²) in [7, 11) is 0. The average molecular weight is 359 g/mol. The monoisotopic (exact) mass is 359 g/mol. The highest BCUT2D eigenvalue weighted by atomic mass is 16.1. The molecule has 0 amide bonds. The van der Waals surface area contributed by atoms with Crippen molar-refractivity contribution in [3.8, 4) is 11.4 Å². The van der Waals surface area contributed by atoms with Gasteiger partial charge in [-0.15, -0.1) is 0 Å². The molecule has 3 aromatic rings. The summed E-state index contributed by atoms with van der Waals surface area (Å²) in [6.07, 6.45) is 10.7. The number of aromatic nitrogens is 3. The summed E-state index contributed by atoms with van der Waals surface area (Å²) in [6.45, 7) is 0. The van der Waals surface area contributed by atoms with Crippen LogP contribution in [0.5, 0.6) is 0 Å². The Morgan fingerprint density at radius 2 is 1.93 bits per heavy atom. The minimum Gasteiger partial charge on any atom is -0.360 e. The van der Waals surface area contributed by atoms with Gasteiger partial charge in [-0.2, -0.15) is 0 Å². The van der Waals surface area contributed by atoms with E-state index in [1.54, 1.807) is 6.20 Å². The number of hydrogen-bond donors (Lipinski definition) is 1. The van der Waals surface area contributed by atoms with Crippen LogP contribution in [0.3, 0.4) is 0 Å². The van der Waals surface area contributed by atoms with E-state index in [0.29, 0.717) is 24.5 Å². The zero-order valence-corrected chi connectivity index (χ0v) is 15.5. The maximum Gasteiger partial charge on any atom is 0.137 e. The van der Waals surface area contributed by atoms with Crippen LogP contribution in [0.15, 0.2) is 54.9 Å². The summed E-state index contributed by atoms with van der Waals surface area (Å²) in [5, 5.41) is 0. The van der Waals surface area contributed by atoms with Crippen LogP contribution in [-0.2, 0) is 17.6 Å². The van der Waals surface area contributed by atoms with Crippen LogP contribution in [0.25, 0.3) is 11.4 Å². The van der Waals surface area contributed by atoms with Gasteiger partial charge in [0.25, 0.3) is 0 Å². The second kappa shape index (κ2) is 8.30. The average Bonchev–Trinajstić information content (AvgIpc) is 3.36. The van der Waals surface area contributed by atoms with Gasteiger partial charge in [0.2, 0.25) is 0 Å². The number of nitrogens with one attached hydrogen (secondary N) is 1. The molecule has 27 heavy (non-hydrogen) atoms. The zero-order valence-electron chi connectivity index (χ0n) is 15.5. The molecule has 4 rings (SSSR count). The van der Waals surface area contributed by atoms with Gasteiger partial charge in [0.05, 0.1) is 11.4 Å². The summed E-state index contributed by atoms with van der Waals surface area (Å²) < 4.78 is 0. The number of Topliss-reactive ketones (excluding diaryl/α,β-unsaturated/α-hetero) is 1. The Labute approximate surface area is 160 Å². The number of rotatable bonds is 7. The minimum atomic E-state index is 0.365. The van der Waals surface area contributed by atoms with E-state index in [9.17, 15) is 4.79 Å². The first-order chi connectivity index (χ1) is 13.3. The predicted molar refractivity (Wildman–Crippen MR) is 106 cm³/mol. The summed E-state index contributed by atoms with van der Waals surface area (Å²) in [6, 6.07) is 14.2. The van der Waals surface area contributed by atoms with Gasteiger partial charge in [-0.25, -0.2) is 9.97 Å². The van der Waals surface area contributed by atoms with Crippen LogP contribution in [0.4, 0.5) is 0 Å². The van der Waals surface area contributed by atoms with Gasteiger partial charge in [0.15, 0.2) is 0 Å². The zero-order chi connectivity index (χ0) is 18.5. The number of nitrogens with zero attached hydrogens (tertiary/aromatic N) is 2. The first-order valence-corrected chi connectivity index (χ1v) is 9.81. The molecule has 1 fully saturated rings. The predicted octanol–water partition coefficient (Wildman–Crippen LogP) is 4.75. The van der Waals surface area contributed by atoms with Crippen molar-refractivity contribution >= 4 is 5.78 Å². The molecule has 0 aliphatic heterocycles. The van der Waals surface area contributed by atoms with E-state index in [0.717, 1.165) is 34.8 Å². The lowest BCUT2D eigenvalue weighted by Gasteiger charge is -2.09. The van der Waals surface area contributed by atoms with Gasteiger partial charge in [0.1, 0.15) is 11.6 Å². The highest BCUT2D eigenvalue weighted by Gasteiger charge is 2.18. The highest BCUT2D eigenvalue weighted by Crippen LogP contribution is 2.28. The molecule has 4 nitrogen and oxygen atoms in total. The van der Waals surface area contributed by atoms with Crippen molar-refractivity contribution in [2.75, 3.05) is 0 Å². The van der Waals surface area contributed by atoms with E-state index in [4.69, 9.17) is 0 Å². The third-order valence-electron chi connectivity index (χ3n) is 5.33. The second-order valence-corrected chi connectivity index (χ2v) is 7.51. The topological polar surface area (TPSA) is 58.6 Å². The molecule has 0 atom stereocenters. The number of benzene rings is 1. The number of aromatic amines is 1. The smallest absolute Gasteiger partial charge is 0.137 e. The van der Waals surface area contributed by atoms with Crippen molar-refractivity contribution in [2.45, 2.75) is 44.9 Å². The SMILES string of the molecule is O=C(Cc1cccc(Cc2nccc(-c3ccc[nH]3)n2)c1)CC1CCCC1. The molecule has 1 aromatic carbocycles. The Kier molecular flexibility index (Phi) is 5.42. The van der Waals surface area contributed by atoms with Crippen molar-refractivity contribution in [3.05, 3.63) is 71.8 Å². The van der Waals surface area contributed by atoms with Gasteiger partial charge in [-0.1, -0.05) is 49.9 Å².